The number of nitrogens with zero attached hydrogens (tertiary/aromatic N) is 4. The third kappa shape index (κ3) is 2.94. The quantitative estimate of drug-likeness (QED) is 0.796. The summed E-state index contributed by atoms with van der Waals surface area (Å²) in [6.07, 6.45) is 0.785. The summed E-state index contributed by atoms with van der Waals surface area (Å²) in [5, 5.41) is 8.30. The van der Waals surface area contributed by atoms with Gasteiger partial charge in [-0.05, 0) is 24.3 Å². The van der Waals surface area contributed by atoms with Gasteiger partial charge in [0.15, 0.2) is 0 Å². The number of benzene rings is 1. The average Bonchev–Trinajstić information content (AvgIpc) is 3.05. The Labute approximate surface area is 131 Å². The first-order chi connectivity index (χ1) is 10.7. The van der Waals surface area contributed by atoms with Crippen molar-refractivity contribution < 1.29 is 14.0 Å². The van der Waals surface area contributed by atoms with E-state index in [1.165, 1.54) is 0 Å². The van der Waals surface area contributed by atoms with Gasteiger partial charge in [-0.1, -0.05) is 11.6 Å². The predicted octanol–water partition coefficient (Wildman–Crippen LogP) is 1.30. The van der Waals surface area contributed by atoms with E-state index in [1.807, 2.05) is 0 Å². The first-order valence-electron chi connectivity index (χ1n) is 6.75. The molecule has 114 valence electrons. The minimum Gasteiger partial charge on any atom is -0.412 e. The van der Waals surface area contributed by atoms with Crippen LogP contribution >= 0.6 is 11.6 Å². The zero-order chi connectivity index (χ0) is 15.5. The van der Waals surface area contributed by atoms with E-state index in [4.69, 9.17) is 16.0 Å². The Morgan fingerprint density at radius 2 is 1.82 bits per heavy atom. The topological polar surface area (TPSA) is 79.5 Å². The van der Waals surface area contributed by atoms with Gasteiger partial charge in [-0.2, -0.15) is 0 Å². The fourth-order valence-electron chi connectivity index (χ4n) is 2.18. The maximum atomic E-state index is 12.3. The fraction of sp³-hybridized carbons (Fsp3) is 0.286. The van der Waals surface area contributed by atoms with E-state index in [2.05, 4.69) is 10.2 Å². The molecule has 1 aliphatic rings. The number of piperazine rings is 1. The molecule has 2 aromatic rings. The van der Waals surface area contributed by atoms with Crippen molar-refractivity contribution >= 4 is 23.9 Å². The van der Waals surface area contributed by atoms with E-state index in [-0.39, 0.29) is 17.7 Å². The summed E-state index contributed by atoms with van der Waals surface area (Å²) in [6.45, 7) is 1.92. The highest BCUT2D eigenvalue weighted by atomic mass is 35.5. The zero-order valence-corrected chi connectivity index (χ0v) is 12.4. The van der Waals surface area contributed by atoms with Crippen LogP contribution in [0.3, 0.4) is 0 Å². The molecule has 0 N–H and O–H groups in total. The maximum Gasteiger partial charge on any atom is 0.311 e. The molecule has 7 nitrogen and oxygen atoms in total. The third-order valence-corrected chi connectivity index (χ3v) is 3.70. The molecule has 2 heterocycles. The highest BCUT2D eigenvalue weighted by Crippen LogP contribution is 2.20. The van der Waals surface area contributed by atoms with Crippen molar-refractivity contribution in [3.63, 3.8) is 0 Å². The Balaban J connectivity index is 1.72. The van der Waals surface area contributed by atoms with E-state index in [9.17, 15) is 9.59 Å². The SMILES string of the molecule is O=CN1CCN(C(=O)c2nnc(-c3ccc(Cl)cc3)o2)CC1. The van der Waals surface area contributed by atoms with E-state index in [0.717, 1.165) is 6.41 Å². The molecular weight excluding hydrogens is 308 g/mol. The van der Waals surface area contributed by atoms with Gasteiger partial charge in [0, 0.05) is 36.8 Å². The van der Waals surface area contributed by atoms with Crippen molar-refractivity contribution in [2.45, 2.75) is 0 Å². The maximum absolute atomic E-state index is 12.3. The molecule has 1 aliphatic heterocycles. The van der Waals surface area contributed by atoms with Crippen molar-refractivity contribution in [1.29, 1.82) is 0 Å². The molecule has 0 radical (unpaired) electrons. The van der Waals surface area contributed by atoms with Crippen LogP contribution in [0.15, 0.2) is 28.7 Å². The number of halogens is 1. The molecule has 0 saturated carbocycles. The van der Waals surface area contributed by atoms with Crippen molar-refractivity contribution in [2.75, 3.05) is 26.2 Å². The van der Waals surface area contributed by atoms with E-state index in [0.29, 0.717) is 36.8 Å². The van der Waals surface area contributed by atoms with Crippen LogP contribution in [-0.4, -0.2) is 58.5 Å². The molecule has 8 heteroatoms. The van der Waals surface area contributed by atoms with Crippen molar-refractivity contribution in [2.24, 2.45) is 0 Å². The molecule has 22 heavy (non-hydrogen) atoms. The number of carbonyl (C=O) groups excluding carboxylic acids is 2. The molecular formula is C14H13ClN4O3. The van der Waals surface area contributed by atoms with Crippen LogP contribution < -0.4 is 0 Å². The van der Waals surface area contributed by atoms with Gasteiger partial charge in [0.1, 0.15) is 0 Å². The molecule has 1 aromatic carbocycles. The molecule has 1 aromatic heterocycles. The average molecular weight is 321 g/mol. The molecule has 1 fully saturated rings. The third-order valence-electron chi connectivity index (χ3n) is 3.45. The predicted molar refractivity (Wildman–Crippen MR) is 78.3 cm³/mol. The normalized spacial score (nSPS) is 15.0. The summed E-state index contributed by atoms with van der Waals surface area (Å²) in [4.78, 5) is 26.2. The monoisotopic (exact) mass is 320 g/mol. The highest BCUT2D eigenvalue weighted by molar-refractivity contribution is 6.30. The number of hydrogen-bond donors (Lipinski definition) is 0. The number of rotatable bonds is 3. The Kier molecular flexibility index (Phi) is 4.06. The second-order valence-electron chi connectivity index (χ2n) is 4.85. The summed E-state index contributed by atoms with van der Waals surface area (Å²) in [5.41, 5.74) is 0.696. The summed E-state index contributed by atoms with van der Waals surface area (Å²) < 4.78 is 5.44. The van der Waals surface area contributed by atoms with Gasteiger partial charge < -0.3 is 14.2 Å². The molecule has 0 bridgehead atoms. The summed E-state index contributed by atoms with van der Waals surface area (Å²) in [6, 6.07) is 6.91. The minimum atomic E-state index is -0.321. The molecule has 0 unspecified atom stereocenters. The van der Waals surface area contributed by atoms with Crippen molar-refractivity contribution in [3.05, 3.63) is 35.2 Å². The Morgan fingerprint density at radius 3 is 2.45 bits per heavy atom. The van der Waals surface area contributed by atoms with E-state index < -0.39 is 0 Å². The van der Waals surface area contributed by atoms with Crippen LogP contribution in [0, 0.1) is 0 Å². The van der Waals surface area contributed by atoms with Gasteiger partial charge in [0.05, 0.1) is 0 Å². The Morgan fingerprint density at radius 1 is 1.14 bits per heavy atom. The van der Waals surface area contributed by atoms with Gasteiger partial charge in [0.25, 0.3) is 0 Å². The number of carbonyl (C=O) groups is 2. The number of aromatic nitrogens is 2. The lowest BCUT2D eigenvalue weighted by Gasteiger charge is -2.31. The van der Waals surface area contributed by atoms with Crippen LogP contribution in [0.25, 0.3) is 11.5 Å². The summed E-state index contributed by atoms with van der Waals surface area (Å²) in [5.74, 6) is -0.102. The first-order valence-corrected chi connectivity index (χ1v) is 7.13. The number of amides is 2. The van der Waals surface area contributed by atoms with Crippen LogP contribution in [0.5, 0.6) is 0 Å². The second-order valence-corrected chi connectivity index (χ2v) is 5.29. The van der Waals surface area contributed by atoms with Crippen molar-refractivity contribution in [3.8, 4) is 11.5 Å². The molecule has 0 atom stereocenters. The van der Waals surface area contributed by atoms with Crippen molar-refractivity contribution in [1.82, 2.24) is 20.0 Å². The molecule has 1 saturated heterocycles. The van der Waals surface area contributed by atoms with Gasteiger partial charge >= 0.3 is 11.8 Å². The van der Waals surface area contributed by atoms with Crippen LogP contribution in [0.1, 0.15) is 10.7 Å². The van der Waals surface area contributed by atoms with Gasteiger partial charge in [-0.3, -0.25) is 9.59 Å². The smallest absolute Gasteiger partial charge is 0.311 e. The lowest BCUT2D eigenvalue weighted by Crippen LogP contribution is -2.48. The minimum absolute atomic E-state index is 0.0514. The first kappa shape index (κ1) is 14.5. The fourth-order valence-corrected chi connectivity index (χ4v) is 2.31. The van der Waals surface area contributed by atoms with Gasteiger partial charge in [0.2, 0.25) is 12.3 Å². The highest BCUT2D eigenvalue weighted by Gasteiger charge is 2.25. The van der Waals surface area contributed by atoms with Crippen LogP contribution in [-0.2, 0) is 4.79 Å². The van der Waals surface area contributed by atoms with Gasteiger partial charge in [-0.15, -0.1) is 10.2 Å². The lowest BCUT2D eigenvalue weighted by atomic mass is 10.2. The summed E-state index contributed by atoms with van der Waals surface area (Å²) in [7, 11) is 0. The van der Waals surface area contributed by atoms with Gasteiger partial charge in [-0.25, -0.2) is 0 Å². The Hall–Kier alpha value is -2.41. The largest absolute Gasteiger partial charge is 0.412 e. The summed E-state index contributed by atoms with van der Waals surface area (Å²) >= 11 is 5.82. The molecule has 3 rings (SSSR count). The van der Waals surface area contributed by atoms with Crippen LogP contribution in [0.4, 0.5) is 0 Å². The van der Waals surface area contributed by atoms with Crippen LogP contribution in [0.2, 0.25) is 5.02 Å². The van der Waals surface area contributed by atoms with E-state index >= 15 is 0 Å². The second kappa shape index (κ2) is 6.15. The Bertz CT molecular complexity index is 678. The molecule has 0 aliphatic carbocycles. The molecule has 0 spiro atoms. The standard InChI is InChI=1S/C14H13ClN4O3/c15-11-3-1-10(2-4-11)12-16-17-13(22-12)14(21)19-7-5-18(9-20)6-8-19/h1-4,9H,5-8H2. The number of hydrogen-bond acceptors (Lipinski definition) is 5. The lowest BCUT2D eigenvalue weighted by molar-refractivity contribution is -0.119. The zero-order valence-electron chi connectivity index (χ0n) is 11.6. The van der Waals surface area contributed by atoms with E-state index in [1.54, 1.807) is 34.1 Å². The molecule has 2 amide bonds.